The van der Waals surface area contributed by atoms with Crippen molar-refractivity contribution in [2.24, 2.45) is 5.73 Å². The summed E-state index contributed by atoms with van der Waals surface area (Å²) in [4.78, 5) is 10.9. The molecule has 0 rings (SSSR count). The topological polar surface area (TPSA) is 61.6 Å². The Labute approximate surface area is 128 Å². The fourth-order valence-corrected chi connectivity index (χ4v) is 8.29. The quantitative estimate of drug-likeness (QED) is 0.289. The van der Waals surface area contributed by atoms with Crippen molar-refractivity contribution in [1.82, 2.24) is 0 Å². The lowest BCUT2D eigenvalue weighted by atomic mass is 10.2. The van der Waals surface area contributed by atoms with Crippen molar-refractivity contribution in [3.8, 4) is 0 Å². The molecule has 0 atom stereocenters. The van der Waals surface area contributed by atoms with Gasteiger partial charge in [0, 0.05) is 5.57 Å². The summed E-state index contributed by atoms with van der Waals surface area (Å²) in [5, 5.41) is 0. The Kier molecular flexibility index (Phi) is 8.19. The van der Waals surface area contributed by atoms with Crippen LogP contribution in [-0.4, -0.2) is 38.0 Å². The van der Waals surface area contributed by atoms with E-state index >= 15 is 0 Å². The van der Waals surface area contributed by atoms with Crippen LogP contribution < -0.4 is 5.73 Å². The number of hydrogen-bond donors (Lipinski definition) is 1. The van der Waals surface area contributed by atoms with Crippen LogP contribution in [0.25, 0.3) is 0 Å². The molecule has 0 aliphatic rings. The molecule has 7 heteroatoms. The van der Waals surface area contributed by atoms with Crippen LogP contribution in [0.5, 0.6) is 0 Å². The second-order valence-electron chi connectivity index (χ2n) is 7.10. The van der Waals surface area contributed by atoms with Gasteiger partial charge in [0.15, 0.2) is 16.6 Å². The summed E-state index contributed by atoms with van der Waals surface area (Å²) in [6.45, 7) is 16.8. The van der Waals surface area contributed by atoms with Gasteiger partial charge >= 0.3 is 0 Å². The first kappa shape index (κ1) is 19.8. The van der Waals surface area contributed by atoms with Gasteiger partial charge in [-0.1, -0.05) is 19.0 Å². The van der Waals surface area contributed by atoms with E-state index in [2.05, 4.69) is 45.9 Å². The van der Waals surface area contributed by atoms with Gasteiger partial charge in [-0.2, -0.15) is 0 Å². The minimum atomic E-state index is -1.58. The molecular weight excluding hydrogens is 302 g/mol. The highest BCUT2D eigenvalue weighted by atomic mass is 28.4. The summed E-state index contributed by atoms with van der Waals surface area (Å²) < 4.78 is 12.3. The van der Waals surface area contributed by atoms with E-state index in [-0.39, 0.29) is 11.8 Å². The second kappa shape index (κ2) is 8.28. The highest BCUT2D eigenvalue weighted by Gasteiger charge is 2.26. The zero-order chi connectivity index (χ0) is 16.0. The Morgan fingerprint density at radius 2 is 1.60 bits per heavy atom. The number of hydrogen-bond acceptors (Lipinski definition) is 3. The van der Waals surface area contributed by atoms with E-state index < -0.39 is 26.2 Å². The Bertz CT molecular complexity index is 319. The van der Waals surface area contributed by atoms with Gasteiger partial charge in [-0.05, 0) is 45.7 Å². The van der Waals surface area contributed by atoms with Gasteiger partial charge in [0.25, 0.3) is 0 Å². The van der Waals surface area contributed by atoms with Gasteiger partial charge in [0.2, 0.25) is 5.91 Å². The van der Waals surface area contributed by atoms with Crippen LogP contribution >= 0.6 is 0 Å². The van der Waals surface area contributed by atoms with Crippen LogP contribution in [0.1, 0.15) is 12.8 Å². The molecule has 0 aromatic heterocycles. The molecule has 0 unspecified atom stereocenters. The fraction of sp³-hybridized carbons (Fsp3) is 0.769. The number of amides is 1. The predicted molar refractivity (Wildman–Crippen MR) is 93.6 cm³/mol. The first-order valence-electron chi connectivity index (χ1n) is 7.24. The summed E-state index contributed by atoms with van der Waals surface area (Å²) in [6, 6.07) is 1.09. The molecule has 4 nitrogen and oxygen atoms in total. The van der Waals surface area contributed by atoms with Crippen LogP contribution in [0, 0.1) is 0 Å². The first-order valence-corrected chi connectivity index (χ1v) is 15.9. The van der Waals surface area contributed by atoms with E-state index in [1.165, 1.54) is 0 Å². The lowest BCUT2D eigenvalue weighted by molar-refractivity contribution is -0.114. The first-order chi connectivity index (χ1) is 8.91. The number of rotatable bonds is 10. The lowest BCUT2D eigenvalue weighted by Gasteiger charge is -2.31. The minimum Gasteiger partial charge on any atom is -0.398 e. The Hall–Kier alpha value is -0.219. The van der Waals surface area contributed by atoms with Gasteiger partial charge in [0.1, 0.15) is 5.91 Å². The Balaban J connectivity index is 4.23. The molecular formula is C13H31NO3Si3. The van der Waals surface area contributed by atoms with Crippen LogP contribution in [0.15, 0.2) is 12.2 Å². The third kappa shape index (κ3) is 11.6. The Morgan fingerprint density at radius 3 is 1.95 bits per heavy atom. The van der Waals surface area contributed by atoms with Gasteiger partial charge in [-0.3, -0.25) is 4.79 Å². The number of carbonyl (C=O) groups excluding carboxylic acids is 1. The molecule has 0 aliphatic heterocycles. The number of primary amides is 1. The zero-order valence-electron chi connectivity index (χ0n) is 13.9. The third-order valence-corrected chi connectivity index (χ3v) is 6.81. The summed E-state index contributed by atoms with van der Waals surface area (Å²) in [7, 11) is -3.63. The molecule has 2 N–H and O–H groups in total. The molecule has 0 bridgehead atoms. The van der Waals surface area contributed by atoms with Gasteiger partial charge in [-0.15, -0.1) is 0 Å². The zero-order valence-corrected chi connectivity index (χ0v) is 17.3. The fourth-order valence-electron chi connectivity index (χ4n) is 1.70. The molecule has 0 heterocycles. The second-order valence-corrected chi connectivity index (χ2v) is 18.0. The highest BCUT2D eigenvalue weighted by molar-refractivity contribution is 6.71. The van der Waals surface area contributed by atoms with Crippen molar-refractivity contribution in [3.05, 3.63) is 12.2 Å². The summed E-state index contributed by atoms with van der Waals surface area (Å²) in [5.74, 6) is -0.366. The maximum atomic E-state index is 10.9. The van der Waals surface area contributed by atoms with Crippen molar-refractivity contribution in [2.45, 2.75) is 64.1 Å². The van der Waals surface area contributed by atoms with Crippen molar-refractivity contribution in [1.29, 1.82) is 0 Å². The maximum Gasteiger partial charge on any atom is 0.244 e. The molecule has 118 valence electrons. The van der Waals surface area contributed by atoms with Crippen LogP contribution in [0.3, 0.4) is 0 Å². The molecule has 0 aromatic carbocycles. The molecule has 0 fully saturated rings. The van der Waals surface area contributed by atoms with Crippen molar-refractivity contribution in [2.75, 3.05) is 0 Å². The maximum absolute atomic E-state index is 10.9. The largest absolute Gasteiger partial charge is 0.398 e. The smallest absolute Gasteiger partial charge is 0.244 e. The monoisotopic (exact) mass is 333 g/mol. The van der Waals surface area contributed by atoms with Gasteiger partial charge in [-0.25, -0.2) is 0 Å². The Morgan fingerprint density at radius 1 is 1.15 bits per heavy atom. The van der Waals surface area contributed by atoms with E-state index in [1.807, 2.05) is 0 Å². The van der Waals surface area contributed by atoms with Crippen molar-refractivity contribution < 1.29 is 13.6 Å². The van der Waals surface area contributed by atoms with Crippen molar-refractivity contribution in [3.63, 3.8) is 0 Å². The molecule has 0 aliphatic carbocycles. The normalized spacial score (nSPS) is 13.3. The number of nitrogens with two attached hydrogens (primary N) is 1. The van der Waals surface area contributed by atoms with E-state index in [4.69, 9.17) is 14.6 Å². The SMILES string of the molecule is C=C(CCC[SiH2]C(O[Si](C)(C)C)O[Si](C)(C)C)C(N)=O. The van der Waals surface area contributed by atoms with Crippen LogP contribution in [-0.2, 0) is 13.6 Å². The number of carbonyl (C=O) groups is 1. The molecule has 0 saturated heterocycles. The van der Waals surface area contributed by atoms with Crippen molar-refractivity contribution >= 4 is 32.1 Å². The van der Waals surface area contributed by atoms with Gasteiger partial charge in [0.05, 0.1) is 9.52 Å². The third-order valence-electron chi connectivity index (χ3n) is 2.49. The molecule has 0 aromatic rings. The molecule has 0 saturated carbocycles. The van der Waals surface area contributed by atoms with Crippen LogP contribution in [0.4, 0.5) is 0 Å². The van der Waals surface area contributed by atoms with E-state index in [1.54, 1.807) is 0 Å². The van der Waals surface area contributed by atoms with Gasteiger partial charge < -0.3 is 14.6 Å². The molecule has 0 spiro atoms. The molecule has 0 radical (unpaired) electrons. The predicted octanol–water partition coefficient (Wildman–Crippen LogP) is 2.38. The average Bonchev–Trinajstić information content (AvgIpc) is 2.18. The highest BCUT2D eigenvalue weighted by Crippen LogP contribution is 2.15. The molecule has 1 amide bonds. The minimum absolute atomic E-state index is 0.0233. The molecule has 20 heavy (non-hydrogen) atoms. The lowest BCUT2D eigenvalue weighted by Crippen LogP contribution is -2.42. The summed E-state index contributed by atoms with van der Waals surface area (Å²) in [5.41, 5.74) is 5.70. The summed E-state index contributed by atoms with van der Waals surface area (Å²) >= 11 is 0. The summed E-state index contributed by atoms with van der Waals surface area (Å²) in [6.07, 6.45) is 1.64. The van der Waals surface area contributed by atoms with E-state index in [9.17, 15) is 4.79 Å². The standard InChI is InChI=1S/C13H31NO3Si3/c1-11(12(14)15)9-8-10-18-13(16-19(2,3)4)17-20(5,6)7/h13H,1,8-10,18H2,2-7H3,(H2,14,15). The average molecular weight is 334 g/mol. The van der Waals surface area contributed by atoms with E-state index in [0.717, 1.165) is 12.5 Å². The van der Waals surface area contributed by atoms with Crippen LogP contribution in [0.2, 0.25) is 45.3 Å². The van der Waals surface area contributed by atoms with E-state index in [0.29, 0.717) is 12.0 Å².